The summed E-state index contributed by atoms with van der Waals surface area (Å²) in [4.78, 5) is 14.6. The van der Waals surface area contributed by atoms with E-state index in [-0.39, 0.29) is 17.9 Å². The molecular weight excluding hydrogens is 264 g/mol. The number of hydrogen-bond acceptors (Lipinski definition) is 4. The van der Waals surface area contributed by atoms with Gasteiger partial charge in [0.25, 0.3) is 0 Å². The number of nitrogens with zero attached hydrogens (tertiary/aromatic N) is 1. The minimum atomic E-state index is -0.441. The molecule has 0 aromatic heterocycles. The molecule has 0 amide bonds. The van der Waals surface area contributed by atoms with Crippen molar-refractivity contribution in [3.8, 4) is 0 Å². The van der Waals surface area contributed by atoms with E-state index in [9.17, 15) is 4.79 Å². The third-order valence-corrected chi connectivity index (χ3v) is 3.84. The van der Waals surface area contributed by atoms with E-state index in [1.54, 1.807) is 0 Å². The van der Waals surface area contributed by atoms with Gasteiger partial charge >= 0.3 is 5.97 Å². The fourth-order valence-electron chi connectivity index (χ4n) is 2.90. The zero-order valence-corrected chi connectivity index (χ0v) is 13.2. The topological polar surface area (TPSA) is 55.6 Å². The Hall–Kier alpha value is -1.39. The van der Waals surface area contributed by atoms with Gasteiger partial charge in [0.2, 0.25) is 0 Å². The van der Waals surface area contributed by atoms with E-state index in [1.165, 1.54) is 5.56 Å². The second kappa shape index (κ2) is 6.58. The van der Waals surface area contributed by atoms with Crippen molar-refractivity contribution in [1.29, 1.82) is 0 Å². The van der Waals surface area contributed by atoms with Gasteiger partial charge in [0.1, 0.15) is 5.60 Å². The predicted octanol–water partition coefficient (Wildman–Crippen LogP) is 2.18. The van der Waals surface area contributed by atoms with Crippen molar-refractivity contribution in [2.75, 3.05) is 13.1 Å². The van der Waals surface area contributed by atoms with Gasteiger partial charge < -0.3 is 10.5 Å². The molecule has 0 spiro atoms. The molecule has 1 fully saturated rings. The number of carbonyl (C=O) groups is 1. The Morgan fingerprint density at radius 2 is 2.00 bits per heavy atom. The Balaban J connectivity index is 2.02. The summed E-state index contributed by atoms with van der Waals surface area (Å²) < 4.78 is 5.53. The number of benzene rings is 1. The lowest BCUT2D eigenvalue weighted by atomic mass is 10.00. The first kappa shape index (κ1) is 16.0. The summed E-state index contributed by atoms with van der Waals surface area (Å²) in [5.74, 6) is -0.230. The molecule has 1 aliphatic heterocycles. The van der Waals surface area contributed by atoms with Crippen molar-refractivity contribution in [2.45, 2.75) is 45.4 Å². The van der Waals surface area contributed by atoms with Gasteiger partial charge in [0.05, 0.1) is 5.92 Å². The molecule has 2 rings (SSSR count). The molecule has 0 saturated carbocycles. The normalized spacial score (nSPS) is 23.2. The van der Waals surface area contributed by atoms with Crippen molar-refractivity contribution < 1.29 is 9.53 Å². The second-order valence-electron chi connectivity index (χ2n) is 6.69. The molecule has 0 radical (unpaired) electrons. The first-order chi connectivity index (χ1) is 9.90. The van der Waals surface area contributed by atoms with Crippen molar-refractivity contribution >= 4 is 5.97 Å². The Bertz CT molecular complexity index is 467. The number of esters is 1. The molecule has 0 aliphatic carbocycles. The molecule has 2 N–H and O–H groups in total. The van der Waals surface area contributed by atoms with Crippen LogP contribution in [0.5, 0.6) is 0 Å². The van der Waals surface area contributed by atoms with Gasteiger partial charge in [-0.1, -0.05) is 30.3 Å². The van der Waals surface area contributed by atoms with Crippen LogP contribution in [-0.2, 0) is 16.1 Å². The van der Waals surface area contributed by atoms with E-state index in [0.29, 0.717) is 6.54 Å². The van der Waals surface area contributed by atoms with Gasteiger partial charge in [-0.05, 0) is 39.3 Å². The van der Waals surface area contributed by atoms with E-state index in [4.69, 9.17) is 10.5 Å². The lowest BCUT2D eigenvalue weighted by Gasteiger charge is -2.28. The van der Waals surface area contributed by atoms with Gasteiger partial charge in [-0.25, -0.2) is 0 Å². The molecule has 0 bridgehead atoms. The number of carbonyl (C=O) groups excluding carboxylic acids is 1. The van der Waals surface area contributed by atoms with Crippen LogP contribution in [0, 0.1) is 5.92 Å². The molecule has 1 saturated heterocycles. The fourth-order valence-corrected chi connectivity index (χ4v) is 2.90. The highest BCUT2D eigenvalue weighted by Gasteiger charge is 2.39. The molecule has 1 aromatic rings. The smallest absolute Gasteiger partial charge is 0.311 e. The minimum absolute atomic E-state index is 0.0695. The van der Waals surface area contributed by atoms with Crippen LogP contribution in [0.1, 0.15) is 32.8 Å². The Kier molecular flexibility index (Phi) is 5.01. The van der Waals surface area contributed by atoms with Crippen LogP contribution in [0.4, 0.5) is 0 Å². The second-order valence-corrected chi connectivity index (χ2v) is 6.69. The summed E-state index contributed by atoms with van der Waals surface area (Å²) in [6.45, 7) is 7.91. The van der Waals surface area contributed by atoms with Gasteiger partial charge in [-0.15, -0.1) is 0 Å². The fraction of sp³-hybridized carbons (Fsp3) is 0.588. The molecule has 116 valence electrons. The molecule has 4 heteroatoms. The highest BCUT2D eigenvalue weighted by atomic mass is 16.6. The molecule has 2 atom stereocenters. The van der Waals surface area contributed by atoms with E-state index in [1.807, 2.05) is 39.0 Å². The van der Waals surface area contributed by atoms with Crippen LogP contribution in [0.2, 0.25) is 0 Å². The Morgan fingerprint density at radius 1 is 1.33 bits per heavy atom. The molecule has 1 aromatic carbocycles. The van der Waals surface area contributed by atoms with Crippen molar-refractivity contribution in [3.63, 3.8) is 0 Å². The van der Waals surface area contributed by atoms with E-state index < -0.39 is 5.60 Å². The third-order valence-electron chi connectivity index (χ3n) is 3.84. The molecule has 21 heavy (non-hydrogen) atoms. The zero-order valence-electron chi connectivity index (χ0n) is 13.2. The lowest BCUT2D eigenvalue weighted by Crippen LogP contribution is -2.42. The Morgan fingerprint density at radius 3 is 2.57 bits per heavy atom. The first-order valence-corrected chi connectivity index (χ1v) is 7.61. The van der Waals surface area contributed by atoms with Gasteiger partial charge in [0.15, 0.2) is 0 Å². The van der Waals surface area contributed by atoms with Crippen LogP contribution >= 0.6 is 0 Å². The summed E-state index contributed by atoms with van der Waals surface area (Å²) in [6, 6.07) is 10.4. The molecule has 1 aliphatic rings. The molecular formula is C17H26N2O2. The zero-order chi connectivity index (χ0) is 15.5. The van der Waals surface area contributed by atoms with Crippen LogP contribution in [0.15, 0.2) is 30.3 Å². The average molecular weight is 290 g/mol. The van der Waals surface area contributed by atoms with Gasteiger partial charge in [-0.3, -0.25) is 9.69 Å². The maximum absolute atomic E-state index is 12.3. The molecule has 4 nitrogen and oxygen atoms in total. The number of rotatable bonds is 4. The van der Waals surface area contributed by atoms with Crippen LogP contribution in [0.3, 0.4) is 0 Å². The number of likely N-dealkylation sites (tertiary alicyclic amines) is 1. The number of hydrogen-bond donors (Lipinski definition) is 1. The van der Waals surface area contributed by atoms with Crippen molar-refractivity contribution in [2.24, 2.45) is 11.7 Å². The predicted molar refractivity (Wildman–Crippen MR) is 83.6 cm³/mol. The first-order valence-electron chi connectivity index (χ1n) is 7.61. The lowest BCUT2D eigenvalue weighted by molar-refractivity contribution is -0.160. The highest BCUT2D eigenvalue weighted by molar-refractivity contribution is 5.74. The van der Waals surface area contributed by atoms with Crippen molar-refractivity contribution in [1.82, 2.24) is 4.90 Å². The van der Waals surface area contributed by atoms with Crippen LogP contribution in [0.25, 0.3) is 0 Å². The summed E-state index contributed by atoms with van der Waals surface area (Å²) in [6.07, 6.45) is 0.823. The van der Waals surface area contributed by atoms with Crippen molar-refractivity contribution in [3.05, 3.63) is 35.9 Å². The summed E-state index contributed by atoms with van der Waals surface area (Å²) in [7, 11) is 0. The summed E-state index contributed by atoms with van der Waals surface area (Å²) >= 11 is 0. The average Bonchev–Trinajstić information content (AvgIpc) is 2.81. The third kappa shape index (κ3) is 4.29. The van der Waals surface area contributed by atoms with Gasteiger partial charge in [0, 0.05) is 19.1 Å². The highest BCUT2D eigenvalue weighted by Crippen LogP contribution is 2.28. The van der Waals surface area contributed by atoms with E-state index in [0.717, 1.165) is 19.5 Å². The number of ether oxygens (including phenoxy) is 1. The van der Waals surface area contributed by atoms with Gasteiger partial charge in [-0.2, -0.15) is 0 Å². The maximum Gasteiger partial charge on any atom is 0.311 e. The molecule has 0 unspecified atom stereocenters. The quantitative estimate of drug-likeness (QED) is 0.864. The monoisotopic (exact) mass is 290 g/mol. The van der Waals surface area contributed by atoms with Crippen LogP contribution < -0.4 is 5.73 Å². The van der Waals surface area contributed by atoms with E-state index in [2.05, 4.69) is 17.0 Å². The standard InChI is InChI=1S/C17H26N2O2/c1-17(2,3)21-16(20)14-9-10-19(15(14)11-18)12-13-7-5-4-6-8-13/h4-8,14-15H,9-12,18H2,1-3H3/t14-,15+/m0/s1. The van der Waals surface area contributed by atoms with Crippen LogP contribution in [-0.4, -0.2) is 35.6 Å². The molecule has 1 heterocycles. The van der Waals surface area contributed by atoms with E-state index >= 15 is 0 Å². The Labute approximate surface area is 127 Å². The summed E-state index contributed by atoms with van der Waals surface area (Å²) in [5.41, 5.74) is 6.73. The largest absolute Gasteiger partial charge is 0.460 e. The maximum atomic E-state index is 12.3. The summed E-state index contributed by atoms with van der Waals surface area (Å²) in [5, 5.41) is 0. The minimum Gasteiger partial charge on any atom is -0.460 e. The number of nitrogens with two attached hydrogens (primary N) is 1. The SMILES string of the molecule is CC(C)(C)OC(=O)[C@H]1CCN(Cc2ccccc2)[C@@H]1CN.